The van der Waals surface area contributed by atoms with Gasteiger partial charge in [-0.25, -0.2) is 0 Å². The molecule has 1 heterocycles. The molecule has 0 aromatic carbocycles. The van der Waals surface area contributed by atoms with Crippen LogP contribution < -0.4 is 5.73 Å². The SMILES string of the molecule is CC(CN)CCC(=O)N1CCCN(CC(=O)N(C)C)CC1. The van der Waals surface area contributed by atoms with Crippen LogP contribution in [0.2, 0.25) is 0 Å². The van der Waals surface area contributed by atoms with Gasteiger partial charge in [-0.2, -0.15) is 0 Å². The van der Waals surface area contributed by atoms with Crippen molar-refractivity contribution in [2.24, 2.45) is 11.7 Å². The van der Waals surface area contributed by atoms with Crippen LogP contribution in [0.4, 0.5) is 0 Å². The van der Waals surface area contributed by atoms with Crippen LogP contribution in [0.5, 0.6) is 0 Å². The minimum absolute atomic E-state index is 0.117. The Kier molecular flexibility index (Phi) is 7.67. The molecule has 0 bridgehead atoms. The van der Waals surface area contributed by atoms with Gasteiger partial charge in [0.05, 0.1) is 6.54 Å². The van der Waals surface area contributed by atoms with Gasteiger partial charge in [0, 0.05) is 46.7 Å². The van der Waals surface area contributed by atoms with Gasteiger partial charge in [0.15, 0.2) is 0 Å². The van der Waals surface area contributed by atoms with Crippen LogP contribution in [-0.4, -0.2) is 79.9 Å². The molecule has 0 aliphatic carbocycles. The molecule has 1 aliphatic heterocycles. The lowest BCUT2D eigenvalue weighted by Gasteiger charge is -2.23. The molecule has 0 aromatic rings. The van der Waals surface area contributed by atoms with Gasteiger partial charge in [0.25, 0.3) is 0 Å². The molecule has 0 spiro atoms. The summed E-state index contributed by atoms with van der Waals surface area (Å²) in [6, 6.07) is 0. The normalized spacial score (nSPS) is 18.2. The summed E-state index contributed by atoms with van der Waals surface area (Å²) in [4.78, 5) is 29.6. The van der Waals surface area contributed by atoms with E-state index < -0.39 is 0 Å². The first-order chi connectivity index (χ1) is 9.93. The highest BCUT2D eigenvalue weighted by molar-refractivity contribution is 5.78. The molecule has 1 atom stereocenters. The van der Waals surface area contributed by atoms with E-state index in [0.717, 1.165) is 39.0 Å². The fourth-order valence-corrected chi connectivity index (χ4v) is 2.36. The van der Waals surface area contributed by atoms with Crippen LogP contribution in [0, 0.1) is 5.92 Å². The van der Waals surface area contributed by atoms with Gasteiger partial charge in [-0.05, 0) is 25.3 Å². The Bertz CT molecular complexity index is 347. The molecule has 1 rings (SSSR count). The van der Waals surface area contributed by atoms with Crippen molar-refractivity contribution in [3.63, 3.8) is 0 Å². The first-order valence-electron chi connectivity index (χ1n) is 7.84. The minimum atomic E-state index is 0.117. The van der Waals surface area contributed by atoms with E-state index in [9.17, 15) is 9.59 Å². The predicted octanol–water partition coefficient (Wildman–Crippen LogP) is -0.0161. The van der Waals surface area contributed by atoms with Crippen LogP contribution in [0.1, 0.15) is 26.2 Å². The zero-order chi connectivity index (χ0) is 15.8. The van der Waals surface area contributed by atoms with Crippen molar-refractivity contribution in [1.29, 1.82) is 0 Å². The summed E-state index contributed by atoms with van der Waals surface area (Å²) in [5, 5.41) is 0. The van der Waals surface area contributed by atoms with Crippen LogP contribution in [-0.2, 0) is 9.59 Å². The Labute approximate surface area is 128 Å². The number of nitrogens with two attached hydrogens (primary N) is 1. The zero-order valence-electron chi connectivity index (χ0n) is 13.7. The lowest BCUT2D eigenvalue weighted by Crippen LogP contribution is -2.39. The molecule has 1 aliphatic rings. The molecule has 0 aromatic heterocycles. The zero-order valence-corrected chi connectivity index (χ0v) is 13.7. The molecule has 2 N–H and O–H groups in total. The van der Waals surface area contributed by atoms with E-state index in [1.54, 1.807) is 19.0 Å². The van der Waals surface area contributed by atoms with Crippen LogP contribution in [0.15, 0.2) is 0 Å². The third-order valence-corrected chi connectivity index (χ3v) is 4.05. The van der Waals surface area contributed by atoms with E-state index >= 15 is 0 Å². The average Bonchev–Trinajstić information content (AvgIpc) is 2.69. The maximum Gasteiger partial charge on any atom is 0.236 e. The highest BCUT2D eigenvalue weighted by Gasteiger charge is 2.20. The fourth-order valence-electron chi connectivity index (χ4n) is 2.36. The maximum absolute atomic E-state index is 12.2. The molecular formula is C15H30N4O2. The molecular weight excluding hydrogens is 268 g/mol. The van der Waals surface area contributed by atoms with Gasteiger partial charge in [0.1, 0.15) is 0 Å². The van der Waals surface area contributed by atoms with E-state index in [-0.39, 0.29) is 11.8 Å². The number of carbonyl (C=O) groups is 2. The minimum Gasteiger partial charge on any atom is -0.348 e. The standard InChI is InChI=1S/C15H30N4O2/c1-13(11-16)5-6-14(20)19-8-4-7-18(9-10-19)12-15(21)17(2)3/h13H,4-12,16H2,1-3H3. The topological polar surface area (TPSA) is 69.9 Å². The molecule has 1 fully saturated rings. The van der Waals surface area contributed by atoms with Gasteiger partial charge in [-0.15, -0.1) is 0 Å². The van der Waals surface area contributed by atoms with Gasteiger partial charge in [0.2, 0.25) is 11.8 Å². The van der Waals surface area contributed by atoms with Gasteiger partial charge >= 0.3 is 0 Å². The average molecular weight is 298 g/mol. The van der Waals surface area contributed by atoms with Gasteiger partial charge in [-0.3, -0.25) is 14.5 Å². The summed E-state index contributed by atoms with van der Waals surface area (Å²) in [7, 11) is 3.54. The second-order valence-electron chi connectivity index (χ2n) is 6.18. The molecule has 6 heteroatoms. The second kappa shape index (κ2) is 9.00. The van der Waals surface area contributed by atoms with E-state index in [4.69, 9.17) is 5.73 Å². The van der Waals surface area contributed by atoms with Crippen LogP contribution in [0.25, 0.3) is 0 Å². The Morgan fingerprint density at radius 3 is 2.52 bits per heavy atom. The van der Waals surface area contributed by atoms with Crippen molar-refractivity contribution in [3.8, 4) is 0 Å². The largest absolute Gasteiger partial charge is 0.348 e. The predicted molar refractivity (Wildman–Crippen MR) is 83.8 cm³/mol. The van der Waals surface area contributed by atoms with Crippen molar-refractivity contribution >= 4 is 11.8 Å². The summed E-state index contributed by atoms with van der Waals surface area (Å²) in [5.74, 6) is 0.734. The number of amides is 2. The highest BCUT2D eigenvalue weighted by atomic mass is 16.2. The number of hydrogen-bond acceptors (Lipinski definition) is 4. The Morgan fingerprint density at radius 2 is 1.90 bits per heavy atom. The second-order valence-corrected chi connectivity index (χ2v) is 6.18. The first-order valence-corrected chi connectivity index (χ1v) is 7.84. The molecule has 6 nitrogen and oxygen atoms in total. The van der Waals surface area contributed by atoms with Crippen molar-refractivity contribution in [2.45, 2.75) is 26.2 Å². The smallest absolute Gasteiger partial charge is 0.236 e. The number of likely N-dealkylation sites (N-methyl/N-ethyl adjacent to an activating group) is 1. The summed E-state index contributed by atoms with van der Waals surface area (Å²) in [6.45, 7) is 6.32. The summed E-state index contributed by atoms with van der Waals surface area (Å²) in [5.41, 5.74) is 5.58. The molecule has 1 unspecified atom stereocenters. The summed E-state index contributed by atoms with van der Waals surface area (Å²) in [6.07, 6.45) is 2.36. The van der Waals surface area contributed by atoms with Crippen LogP contribution in [0.3, 0.4) is 0 Å². The molecule has 21 heavy (non-hydrogen) atoms. The van der Waals surface area contributed by atoms with Crippen molar-refractivity contribution in [3.05, 3.63) is 0 Å². The quantitative estimate of drug-likeness (QED) is 0.748. The third-order valence-electron chi connectivity index (χ3n) is 4.05. The lowest BCUT2D eigenvalue weighted by molar-refractivity contribution is -0.131. The molecule has 0 radical (unpaired) electrons. The van der Waals surface area contributed by atoms with Gasteiger partial charge < -0.3 is 15.5 Å². The summed E-state index contributed by atoms with van der Waals surface area (Å²) >= 11 is 0. The number of carbonyl (C=O) groups excluding carboxylic acids is 2. The Balaban J connectivity index is 2.37. The van der Waals surface area contributed by atoms with Crippen molar-refractivity contribution in [2.75, 3.05) is 53.4 Å². The first kappa shape index (κ1) is 17.9. The number of nitrogens with zero attached hydrogens (tertiary/aromatic N) is 3. The number of rotatable bonds is 6. The van der Waals surface area contributed by atoms with E-state index in [0.29, 0.717) is 25.4 Å². The highest BCUT2D eigenvalue weighted by Crippen LogP contribution is 2.09. The summed E-state index contributed by atoms with van der Waals surface area (Å²) < 4.78 is 0. The van der Waals surface area contributed by atoms with Crippen molar-refractivity contribution in [1.82, 2.24) is 14.7 Å². The monoisotopic (exact) mass is 298 g/mol. The van der Waals surface area contributed by atoms with Crippen LogP contribution >= 0.6 is 0 Å². The molecule has 122 valence electrons. The fraction of sp³-hybridized carbons (Fsp3) is 0.867. The van der Waals surface area contributed by atoms with E-state index in [1.807, 2.05) is 4.90 Å². The van der Waals surface area contributed by atoms with E-state index in [1.165, 1.54) is 0 Å². The Hall–Kier alpha value is -1.14. The maximum atomic E-state index is 12.2. The number of hydrogen-bond donors (Lipinski definition) is 1. The van der Waals surface area contributed by atoms with Crippen molar-refractivity contribution < 1.29 is 9.59 Å². The molecule has 1 saturated heterocycles. The van der Waals surface area contributed by atoms with E-state index in [2.05, 4.69) is 11.8 Å². The van der Waals surface area contributed by atoms with Gasteiger partial charge in [-0.1, -0.05) is 6.92 Å². The lowest BCUT2D eigenvalue weighted by atomic mass is 10.1. The molecule has 2 amide bonds. The molecule has 0 saturated carbocycles. The third kappa shape index (κ3) is 6.44. The Morgan fingerprint density at radius 1 is 1.19 bits per heavy atom.